The van der Waals surface area contributed by atoms with E-state index < -0.39 is 11.0 Å². The van der Waals surface area contributed by atoms with Gasteiger partial charge in [-0.3, -0.25) is 24.6 Å². The van der Waals surface area contributed by atoms with Crippen molar-refractivity contribution >= 4 is 23.8 Å². The summed E-state index contributed by atoms with van der Waals surface area (Å²) in [6, 6.07) is 13.2. The third-order valence-corrected chi connectivity index (χ3v) is 4.66. The van der Waals surface area contributed by atoms with Crippen LogP contribution in [0.25, 0.3) is 11.4 Å². The first kappa shape index (κ1) is 20.4. The average molecular weight is 413 g/mol. The number of benzene rings is 2. The van der Waals surface area contributed by atoms with Crippen molar-refractivity contribution in [2.45, 2.75) is 19.6 Å². The van der Waals surface area contributed by atoms with Gasteiger partial charge >= 0.3 is 0 Å². The lowest BCUT2D eigenvalue weighted by atomic mass is 10.1. The van der Waals surface area contributed by atoms with Gasteiger partial charge in [-0.1, -0.05) is 29.8 Å². The molecule has 0 radical (unpaired) electrons. The highest BCUT2D eigenvalue weighted by Crippen LogP contribution is 2.19. The van der Waals surface area contributed by atoms with E-state index in [0.717, 1.165) is 11.1 Å². The van der Waals surface area contributed by atoms with Crippen LogP contribution in [-0.4, -0.2) is 37.2 Å². The van der Waals surface area contributed by atoms with Gasteiger partial charge in [-0.2, -0.15) is 5.10 Å². The van der Waals surface area contributed by atoms with Gasteiger partial charge < -0.3 is 10.4 Å². The predicted molar refractivity (Wildman–Crippen MR) is 109 cm³/mol. The smallest absolute Gasteiger partial charge is 0.269 e. The van der Waals surface area contributed by atoms with Crippen LogP contribution in [0, 0.1) is 21.8 Å². The molecule has 0 aliphatic rings. The zero-order valence-corrected chi connectivity index (χ0v) is 16.3. The molecule has 0 bridgehead atoms. The van der Waals surface area contributed by atoms with Gasteiger partial charge in [0.05, 0.1) is 11.0 Å². The van der Waals surface area contributed by atoms with Crippen LogP contribution in [0.15, 0.2) is 48.5 Å². The molecule has 0 fully saturated rings. The van der Waals surface area contributed by atoms with Gasteiger partial charge in [-0.15, -0.1) is 0 Å². The van der Waals surface area contributed by atoms with Crippen molar-refractivity contribution in [1.82, 2.24) is 20.1 Å². The summed E-state index contributed by atoms with van der Waals surface area (Å²) in [5.74, 6) is 0.192. The van der Waals surface area contributed by atoms with E-state index in [9.17, 15) is 20.0 Å². The van der Waals surface area contributed by atoms with E-state index in [0.29, 0.717) is 16.2 Å². The molecular formula is C19H19N5O4S. The van der Waals surface area contributed by atoms with Crippen molar-refractivity contribution in [3.8, 4) is 11.4 Å². The molecule has 1 heterocycles. The monoisotopic (exact) mass is 413 g/mol. The van der Waals surface area contributed by atoms with E-state index in [1.807, 2.05) is 31.2 Å². The highest BCUT2D eigenvalue weighted by molar-refractivity contribution is 7.71. The molecule has 3 rings (SSSR count). The number of aliphatic hydroxyl groups is 1. The zero-order chi connectivity index (χ0) is 21.0. The Morgan fingerprint density at radius 3 is 2.55 bits per heavy atom. The van der Waals surface area contributed by atoms with Gasteiger partial charge in [0.25, 0.3) is 5.69 Å². The molecule has 0 aliphatic carbocycles. The van der Waals surface area contributed by atoms with Crippen molar-refractivity contribution < 1.29 is 14.8 Å². The Bertz CT molecular complexity index is 1070. The fourth-order valence-corrected chi connectivity index (χ4v) is 2.93. The number of aromatic nitrogens is 3. The SMILES string of the molecule is Cc1ccc(-c2n[nH]c(=S)n2CC(=O)NCC(O)c2ccc([N+](=O)[O-])cc2)cc1. The number of hydrogen-bond acceptors (Lipinski definition) is 6. The van der Waals surface area contributed by atoms with Crippen LogP contribution < -0.4 is 5.32 Å². The molecule has 0 saturated heterocycles. The first-order valence-corrected chi connectivity index (χ1v) is 9.17. The second-order valence-corrected chi connectivity index (χ2v) is 6.86. The Labute approximate surface area is 171 Å². The van der Waals surface area contributed by atoms with Gasteiger partial charge in [0.2, 0.25) is 5.91 Å². The Hall–Kier alpha value is -3.37. The summed E-state index contributed by atoms with van der Waals surface area (Å²) in [6.07, 6.45) is -0.992. The Balaban J connectivity index is 1.64. The molecular weight excluding hydrogens is 394 g/mol. The van der Waals surface area contributed by atoms with E-state index in [-0.39, 0.29) is 24.7 Å². The molecule has 2 aromatic carbocycles. The van der Waals surface area contributed by atoms with Gasteiger partial charge in [-0.05, 0) is 36.8 Å². The number of nitro groups is 1. The van der Waals surface area contributed by atoms with Crippen LogP contribution in [-0.2, 0) is 11.3 Å². The minimum absolute atomic E-state index is 0.0400. The van der Waals surface area contributed by atoms with Crippen molar-refractivity contribution in [1.29, 1.82) is 0 Å². The number of hydrogen-bond donors (Lipinski definition) is 3. The number of rotatable bonds is 7. The predicted octanol–water partition coefficient (Wildman–Crippen LogP) is 2.67. The number of nitro benzene ring substituents is 1. The number of aromatic amines is 1. The quantitative estimate of drug-likeness (QED) is 0.311. The number of H-pyrrole nitrogens is 1. The maximum atomic E-state index is 12.4. The summed E-state index contributed by atoms with van der Waals surface area (Å²) in [5, 5.41) is 30.4. The van der Waals surface area contributed by atoms with Crippen LogP contribution in [0.5, 0.6) is 0 Å². The third-order valence-electron chi connectivity index (χ3n) is 4.35. The lowest BCUT2D eigenvalue weighted by Crippen LogP contribution is -2.31. The van der Waals surface area contributed by atoms with Gasteiger partial charge in [-0.25, -0.2) is 0 Å². The van der Waals surface area contributed by atoms with Crippen molar-refractivity contribution in [3.05, 3.63) is 74.5 Å². The van der Waals surface area contributed by atoms with Crippen molar-refractivity contribution in [2.24, 2.45) is 0 Å². The number of carbonyl (C=O) groups is 1. The van der Waals surface area contributed by atoms with Crippen LogP contribution >= 0.6 is 12.2 Å². The third kappa shape index (κ3) is 4.92. The normalized spacial score (nSPS) is 11.8. The summed E-state index contributed by atoms with van der Waals surface area (Å²) < 4.78 is 1.89. The summed E-state index contributed by atoms with van der Waals surface area (Å²) in [7, 11) is 0. The molecule has 1 aromatic heterocycles. The fraction of sp³-hybridized carbons (Fsp3) is 0.211. The Morgan fingerprint density at radius 1 is 1.28 bits per heavy atom. The molecule has 10 heteroatoms. The molecule has 1 atom stereocenters. The summed E-state index contributed by atoms with van der Waals surface area (Å²) in [5.41, 5.74) is 2.33. The highest BCUT2D eigenvalue weighted by atomic mass is 32.1. The topological polar surface area (TPSA) is 126 Å². The second-order valence-electron chi connectivity index (χ2n) is 6.47. The number of non-ortho nitro benzene ring substituents is 1. The molecule has 9 nitrogen and oxygen atoms in total. The van der Waals surface area contributed by atoms with Crippen LogP contribution in [0.4, 0.5) is 5.69 Å². The molecule has 0 spiro atoms. The lowest BCUT2D eigenvalue weighted by molar-refractivity contribution is -0.384. The van der Waals surface area contributed by atoms with Crippen LogP contribution in [0.3, 0.4) is 0 Å². The van der Waals surface area contributed by atoms with E-state index in [4.69, 9.17) is 12.2 Å². The van der Waals surface area contributed by atoms with E-state index >= 15 is 0 Å². The summed E-state index contributed by atoms with van der Waals surface area (Å²) in [4.78, 5) is 22.5. The van der Waals surface area contributed by atoms with Crippen molar-refractivity contribution in [3.63, 3.8) is 0 Å². The summed E-state index contributed by atoms with van der Waals surface area (Å²) >= 11 is 5.22. The standard InChI is InChI=1S/C19H19N5O4S/c1-12-2-4-14(5-3-12)18-21-22-19(29)23(18)11-17(26)20-10-16(25)13-6-8-15(9-7-13)24(27)28/h2-9,16,25H,10-11H2,1H3,(H,20,26)(H,22,29). The van der Waals surface area contributed by atoms with E-state index in [1.54, 1.807) is 4.57 Å². The minimum Gasteiger partial charge on any atom is -0.387 e. The van der Waals surface area contributed by atoms with E-state index in [1.165, 1.54) is 24.3 Å². The Kier molecular flexibility index (Phi) is 6.15. The molecule has 0 aliphatic heterocycles. The maximum Gasteiger partial charge on any atom is 0.269 e. The lowest BCUT2D eigenvalue weighted by Gasteiger charge is -2.13. The minimum atomic E-state index is -0.992. The molecule has 150 valence electrons. The first-order valence-electron chi connectivity index (χ1n) is 8.76. The Morgan fingerprint density at radius 2 is 1.93 bits per heavy atom. The molecule has 0 saturated carbocycles. The zero-order valence-electron chi connectivity index (χ0n) is 15.5. The highest BCUT2D eigenvalue weighted by Gasteiger charge is 2.15. The second kappa shape index (κ2) is 8.76. The number of aryl methyl sites for hydroxylation is 1. The van der Waals surface area contributed by atoms with E-state index in [2.05, 4.69) is 15.5 Å². The van der Waals surface area contributed by atoms with Gasteiger partial charge in [0.15, 0.2) is 10.6 Å². The molecule has 3 aromatic rings. The largest absolute Gasteiger partial charge is 0.387 e. The van der Waals surface area contributed by atoms with Crippen LogP contribution in [0.2, 0.25) is 0 Å². The fourth-order valence-electron chi connectivity index (χ4n) is 2.73. The number of amides is 1. The van der Waals surface area contributed by atoms with Gasteiger partial charge in [0.1, 0.15) is 6.54 Å². The number of aliphatic hydroxyl groups excluding tert-OH is 1. The molecule has 1 unspecified atom stereocenters. The van der Waals surface area contributed by atoms with Gasteiger partial charge in [0, 0.05) is 24.2 Å². The average Bonchev–Trinajstić information content (AvgIpc) is 3.07. The van der Waals surface area contributed by atoms with Crippen molar-refractivity contribution in [2.75, 3.05) is 6.54 Å². The molecule has 1 amide bonds. The maximum absolute atomic E-state index is 12.4. The number of carbonyl (C=O) groups excluding carboxylic acids is 1. The summed E-state index contributed by atoms with van der Waals surface area (Å²) in [6.45, 7) is 1.87. The van der Waals surface area contributed by atoms with Crippen LogP contribution in [0.1, 0.15) is 17.2 Å². The molecule has 29 heavy (non-hydrogen) atoms. The molecule has 3 N–H and O–H groups in total. The number of nitrogens with zero attached hydrogens (tertiary/aromatic N) is 3. The first-order chi connectivity index (χ1) is 13.8. The number of nitrogens with one attached hydrogen (secondary N) is 2.